The molecule has 1 aliphatic heterocycles. The number of likely N-dealkylation sites (tertiary alicyclic amines) is 1. The Morgan fingerprint density at radius 1 is 1.25 bits per heavy atom. The Kier molecular flexibility index (Phi) is 3.82. The van der Waals surface area contributed by atoms with E-state index >= 15 is 0 Å². The van der Waals surface area contributed by atoms with E-state index in [1.54, 1.807) is 0 Å². The molecule has 2 aliphatic rings. The Morgan fingerprint density at radius 2 is 1.94 bits per heavy atom. The van der Waals surface area contributed by atoms with Gasteiger partial charge in [-0.05, 0) is 44.4 Å². The first-order valence-corrected chi connectivity index (χ1v) is 6.39. The molecule has 4 heteroatoms. The predicted octanol–water partition coefficient (Wildman–Crippen LogP) is 0.487. The molecule has 0 aromatic heterocycles. The maximum Gasteiger partial charge on any atom is 0.239 e. The van der Waals surface area contributed by atoms with E-state index in [4.69, 9.17) is 5.73 Å². The Balaban J connectivity index is 1.82. The summed E-state index contributed by atoms with van der Waals surface area (Å²) in [5.74, 6) is 0.690. The molecule has 1 amide bonds. The number of aliphatic hydroxyl groups is 1. The minimum atomic E-state index is -0.275. The van der Waals surface area contributed by atoms with Gasteiger partial charge in [-0.15, -0.1) is 0 Å². The number of hydrogen-bond acceptors (Lipinski definition) is 3. The second-order valence-corrected chi connectivity index (χ2v) is 5.21. The normalized spacial score (nSPS) is 36.5. The Morgan fingerprint density at radius 3 is 2.62 bits per heavy atom. The van der Waals surface area contributed by atoms with Crippen LogP contribution in [0.2, 0.25) is 0 Å². The largest absolute Gasteiger partial charge is 0.393 e. The summed E-state index contributed by atoms with van der Waals surface area (Å²) in [5, 5.41) is 9.43. The van der Waals surface area contributed by atoms with Gasteiger partial charge in [-0.25, -0.2) is 0 Å². The van der Waals surface area contributed by atoms with Crippen LogP contribution >= 0.6 is 0 Å². The molecule has 4 nitrogen and oxygen atoms in total. The summed E-state index contributed by atoms with van der Waals surface area (Å²) in [5.41, 5.74) is 5.76. The molecule has 3 N–H and O–H groups in total. The average molecular weight is 226 g/mol. The van der Waals surface area contributed by atoms with Gasteiger partial charge in [-0.2, -0.15) is 0 Å². The van der Waals surface area contributed by atoms with E-state index in [2.05, 4.69) is 0 Å². The fourth-order valence-corrected chi connectivity index (χ4v) is 2.79. The summed E-state index contributed by atoms with van der Waals surface area (Å²) in [6, 6.07) is -0.275. The maximum atomic E-state index is 11.8. The van der Waals surface area contributed by atoms with E-state index < -0.39 is 0 Å². The van der Waals surface area contributed by atoms with Crippen LogP contribution in [0.3, 0.4) is 0 Å². The van der Waals surface area contributed by atoms with Gasteiger partial charge < -0.3 is 15.7 Å². The third kappa shape index (κ3) is 2.74. The second kappa shape index (κ2) is 5.15. The van der Waals surface area contributed by atoms with Gasteiger partial charge in [0.1, 0.15) is 0 Å². The lowest BCUT2D eigenvalue weighted by Crippen LogP contribution is -2.50. The van der Waals surface area contributed by atoms with Crippen LogP contribution in [-0.2, 0) is 4.79 Å². The van der Waals surface area contributed by atoms with Crippen molar-refractivity contribution in [3.8, 4) is 0 Å². The molecule has 0 aromatic carbocycles. The Hall–Kier alpha value is -0.610. The quantitative estimate of drug-likeness (QED) is 0.720. The highest BCUT2D eigenvalue weighted by Gasteiger charge is 2.28. The molecule has 0 radical (unpaired) electrons. The van der Waals surface area contributed by atoms with Gasteiger partial charge in [-0.3, -0.25) is 4.79 Å². The molecule has 1 heterocycles. The summed E-state index contributed by atoms with van der Waals surface area (Å²) in [6.45, 7) is 1.71. The maximum absolute atomic E-state index is 11.8. The summed E-state index contributed by atoms with van der Waals surface area (Å²) in [6.07, 6.45) is 5.61. The van der Waals surface area contributed by atoms with Crippen molar-refractivity contribution < 1.29 is 9.90 Å². The monoisotopic (exact) mass is 226 g/mol. The second-order valence-electron chi connectivity index (χ2n) is 5.21. The third-order valence-electron chi connectivity index (χ3n) is 3.87. The van der Waals surface area contributed by atoms with Gasteiger partial charge in [0.2, 0.25) is 5.91 Å². The van der Waals surface area contributed by atoms with Crippen molar-refractivity contribution in [3.63, 3.8) is 0 Å². The van der Waals surface area contributed by atoms with Gasteiger partial charge in [-0.1, -0.05) is 0 Å². The van der Waals surface area contributed by atoms with Gasteiger partial charge in [0.15, 0.2) is 0 Å². The van der Waals surface area contributed by atoms with Gasteiger partial charge in [0, 0.05) is 13.1 Å². The number of carbonyl (C=O) groups is 1. The molecule has 92 valence electrons. The van der Waals surface area contributed by atoms with Crippen LogP contribution in [0, 0.1) is 5.92 Å². The average Bonchev–Trinajstić information content (AvgIpc) is 2.28. The molecule has 0 aromatic rings. The molecule has 1 saturated heterocycles. The first-order chi connectivity index (χ1) is 7.66. The fourth-order valence-electron chi connectivity index (χ4n) is 2.79. The number of nitrogens with two attached hydrogens (primary N) is 1. The SMILES string of the molecule is NC1CCCN(CC2CCC(O)CC2)C1=O. The summed E-state index contributed by atoms with van der Waals surface area (Å²) >= 11 is 0. The van der Waals surface area contributed by atoms with Crippen molar-refractivity contribution in [1.29, 1.82) is 0 Å². The van der Waals surface area contributed by atoms with Crippen molar-refractivity contribution in [3.05, 3.63) is 0 Å². The lowest BCUT2D eigenvalue weighted by molar-refractivity contribution is -0.135. The molecule has 1 atom stereocenters. The van der Waals surface area contributed by atoms with E-state index in [9.17, 15) is 9.90 Å². The van der Waals surface area contributed by atoms with Crippen LogP contribution in [-0.4, -0.2) is 41.1 Å². The lowest BCUT2D eigenvalue weighted by atomic mass is 9.86. The minimum absolute atomic E-state index is 0.115. The van der Waals surface area contributed by atoms with E-state index in [0.717, 1.165) is 51.6 Å². The van der Waals surface area contributed by atoms with Crippen molar-refractivity contribution in [2.24, 2.45) is 11.7 Å². The van der Waals surface area contributed by atoms with Crippen LogP contribution in [0.15, 0.2) is 0 Å². The number of nitrogens with zero attached hydrogens (tertiary/aromatic N) is 1. The van der Waals surface area contributed by atoms with Gasteiger partial charge >= 0.3 is 0 Å². The van der Waals surface area contributed by atoms with Crippen LogP contribution < -0.4 is 5.73 Å². The predicted molar refractivity (Wildman–Crippen MR) is 61.8 cm³/mol. The Bertz CT molecular complexity index is 249. The van der Waals surface area contributed by atoms with Crippen LogP contribution in [0.5, 0.6) is 0 Å². The number of aliphatic hydroxyl groups excluding tert-OH is 1. The number of hydrogen-bond donors (Lipinski definition) is 2. The number of carbonyl (C=O) groups excluding carboxylic acids is 1. The molecule has 1 unspecified atom stereocenters. The zero-order valence-electron chi connectivity index (χ0n) is 9.77. The Labute approximate surface area is 96.8 Å². The molecule has 0 bridgehead atoms. The van der Waals surface area contributed by atoms with Gasteiger partial charge in [0.25, 0.3) is 0 Å². The smallest absolute Gasteiger partial charge is 0.239 e. The van der Waals surface area contributed by atoms with Crippen LogP contribution in [0.25, 0.3) is 0 Å². The number of piperidine rings is 1. The van der Waals surface area contributed by atoms with Crippen LogP contribution in [0.1, 0.15) is 38.5 Å². The van der Waals surface area contributed by atoms with E-state index in [1.807, 2.05) is 4.90 Å². The third-order valence-corrected chi connectivity index (χ3v) is 3.87. The van der Waals surface area contributed by atoms with Gasteiger partial charge in [0.05, 0.1) is 12.1 Å². The first-order valence-electron chi connectivity index (χ1n) is 6.39. The van der Waals surface area contributed by atoms with Crippen molar-refractivity contribution >= 4 is 5.91 Å². The van der Waals surface area contributed by atoms with Crippen molar-refractivity contribution in [1.82, 2.24) is 4.90 Å². The summed E-state index contributed by atoms with van der Waals surface area (Å²) in [4.78, 5) is 13.7. The lowest BCUT2D eigenvalue weighted by Gasteiger charge is -2.35. The topological polar surface area (TPSA) is 66.6 Å². The minimum Gasteiger partial charge on any atom is -0.393 e. The molecule has 1 saturated carbocycles. The zero-order chi connectivity index (χ0) is 11.5. The molecular weight excluding hydrogens is 204 g/mol. The van der Waals surface area contributed by atoms with Crippen molar-refractivity contribution in [2.45, 2.75) is 50.7 Å². The standard InChI is InChI=1S/C12H22N2O2/c13-11-2-1-7-14(12(11)16)8-9-3-5-10(15)6-4-9/h9-11,15H,1-8,13H2. The zero-order valence-corrected chi connectivity index (χ0v) is 9.77. The molecule has 16 heavy (non-hydrogen) atoms. The molecule has 2 fully saturated rings. The van der Waals surface area contributed by atoms with Crippen molar-refractivity contribution in [2.75, 3.05) is 13.1 Å². The number of amides is 1. The molecule has 1 aliphatic carbocycles. The van der Waals surface area contributed by atoms with E-state index in [0.29, 0.717) is 5.92 Å². The highest BCUT2D eigenvalue weighted by molar-refractivity contribution is 5.82. The number of rotatable bonds is 2. The highest BCUT2D eigenvalue weighted by atomic mass is 16.3. The summed E-state index contributed by atoms with van der Waals surface area (Å²) < 4.78 is 0. The first kappa shape index (κ1) is 11.9. The summed E-state index contributed by atoms with van der Waals surface area (Å²) in [7, 11) is 0. The molecule has 0 spiro atoms. The van der Waals surface area contributed by atoms with Crippen LogP contribution in [0.4, 0.5) is 0 Å². The van der Waals surface area contributed by atoms with E-state index in [-0.39, 0.29) is 18.1 Å². The molecular formula is C12H22N2O2. The highest BCUT2D eigenvalue weighted by Crippen LogP contribution is 2.26. The fraction of sp³-hybridized carbons (Fsp3) is 0.917. The molecule has 2 rings (SSSR count). The van der Waals surface area contributed by atoms with E-state index in [1.165, 1.54) is 0 Å².